The van der Waals surface area contributed by atoms with E-state index in [0.29, 0.717) is 6.54 Å². The molecule has 3 heterocycles. The molecule has 138 valence electrons. The van der Waals surface area contributed by atoms with Crippen molar-refractivity contribution in [1.29, 1.82) is 0 Å². The van der Waals surface area contributed by atoms with E-state index < -0.39 is 11.4 Å². The van der Waals surface area contributed by atoms with Gasteiger partial charge in [0.05, 0.1) is 6.20 Å². The Morgan fingerprint density at radius 1 is 1.36 bits per heavy atom. The minimum atomic E-state index is -0.702. The Balaban J connectivity index is 1.81. The second-order valence-corrected chi connectivity index (χ2v) is 8.70. The molecule has 1 N–H and O–H groups in total. The van der Waals surface area contributed by atoms with Crippen molar-refractivity contribution >= 4 is 11.8 Å². The van der Waals surface area contributed by atoms with Crippen LogP contribution in [0.15, 0.2) is 18.6 Å². The van der Waals surface area contributed by atoms with E-state index in [1.165, 1.54) is 0 Å². The van der Waals surface area contributed by atoms with Crippen LogP contribution in [0.4, 0.5) is 5.82 Å². The van der Waals surface area contributed by atoms with Crippen molar-refractivity contribution < 1.29 is 9.90 Å². The lowest BCUT2D eigenvalue weighted by molar-refractivity contribution is -0.158. The second-order valence-electron chi connectivity index (χ2n) is 8.70. The molecule has 0 saturated carbocycles. The zero-order chi connectivity index (χ0) is 18.1. The van der Waals surface area contributed by atoms with Crippen molar-refractivity contribution in [2.24, 2.45) is 10.8 Å². The van der Waals surface area contributed by atoms with Gasteiger partial charge < -0.3 is 10.0 Å². The molecule has 6 nitrogen and oxygen atoms in total. The van der Waals surface area contributed by atoms with Crippen LogP contribution in [0.2, 0.25) is 0 Å². The molecule has 1 aromatic heterocycles. The summed E-state index contributed by atoms with van der Waals surface area (Å²) in [5.74, 6) is 0.125. The highest BCUT2D eigenvalue weighted by atomic mass is 16.4. The average Bonchev–Trinajstić information content (AvgIpc) is 2.59. The fraction of sp³-hybridized carbons (Fsp3) is 0.737. The van der Waals surface area contributed by atoms with Crippen molar-refractivity contribution in [2.45, 2.75) is 52.5 Å². The smallest absolute Gasteiger partial charge is 0.313 e. The van der Waals surface area contributed by atoms with Crippen LogP contribution >= 0.6 is 0 Å². The molecule has 2 aliphatic heterocycles. The molecule has 3 rings (SSSR count). The number of fused-ring (bicyclic) bond motifs is 1. The Bertz CT molecular complexity index is 601. The molecule has 2 atom stereocenters. The first-order chi connectivity index (χ1) is 11.8. The third kappa shape index (κ3) is 3.78. The highest BCUT2D eigenvalue weighted by molar-refractivity contribution is 5.77. The zero-order valence-corrected chi connectivity index (χ0v) is 15.6. The number of piperidine rings is 2. The van der Waals surface area contributed by atoms with Crippen LogP contribution in [-0.4, -0.2) is 58.2 Å². The Kier molecular flexibility index (Phi) is 5.00. The molecule has 0 radical (unpaired) electrons. The van der Waals surface area contributed by atoms with Gasteiger partial charge in [0.25, 0.3) is 0 Å². The maximum Gasteiger partial charge on any atom is 0.313 e. The van der Waals surface area contributed by atoms with Gasteiger partial charge in [0.2, 0.25) is 0 Å². The molecule has 0 aliphatic carbocycles. The highest BCUT2D eigenvalue weighted by Crippen LogP contribution is 2.43. The van der Waals surface area contributed by atoms with Gasteiger partial charge in [0.1, 0.15) is 11.2 Å². The summed E-state index contributed by atoms with van der Waals surface area (Å²) >= 11 is 0. The third-order valence-corrected chi connectivity index (χ3v) is 5.74. The molecular weight excluding hydrogens is 316 g/mol. The Labute approximate surface area is 150 Å². The number of nitrogens with zero attached hydrogens (tertiary/aromatic N) is 4. The van der Waals surface area contributed by atoms with E-state index in [9.17, 15) is 9.90 Å². The number of carboxylic acid groups (broad SMARTS) is 1. The van der Waals surface area contributed by atoms with Gasteiger partial charge in [0.15, 0.2) is 0 Å². The minimum Gasteiger partial charge on any atom is -0.481 e. The molecule has 6 heteroatoms. The first kappa shape index (κ1) is 18.1. The fourth-order valence-corrected chi connectivity index (χ4v) is 4.32. The molecule has 2 saturated heterocycles. The van der Waals surface area contributed by atoms with Crippen LogP contribution in [0, 0.1) is 10.8 Å². The quantitative estimate of drug-likeness (QED) is 0.904. The molecule has 0 unspecified atom stereocenters. The first-order valence-electron chi connectivity index (χ1n) is 9.30. The number of carboxylic acids is 1. The van der Waals surface area contributed by atoms with Gasteiger partial charge in [-0.2, -0.15) is 0 Å². The van der Waals surface area contributed by atoms with E-state index in [-0.39, 0.29) is 11.5 Å². The molecule has 0 bridgehead atoms. The molecular formula is C19H30N4O2. The van der Waals surface area contributed by atoms with E-state index in [1.807, 2.05) is 0 Å². The number of aromatic nitrogens is 2. The third-order valence-electron chi connectivity index (χ3n) is 5.74. The number of carbonyl (C=O) groups is 1. The summed E-state index contributed by atoms with van der Waals surface area (Å²) in [6.07, 6.45) is 8.70. The van der Waals surface area contributed by atoms with Gasteiger partial charge in [0, 0.05) is 31.5 Å². The molecule has 2 fully saturated rings. The Morgan fingerprint density at radius 3 is 2.80 bits per heavy atom. The van der Waals surface area contributed by atoms with Gasteiger partial charge in [-0.05, 0) is 44.2 Å². The predicted octanol–water partition coefficient (Wildman–Crippen LogP) is 2.66. The van der Waals surface area contributed by atoms with Crippen LogP contribution in [-0.2, 0) is 4.79 Å². The molecule has 1 aromatic rings. The zero-order valence-electron chi connectivity index (χ0n) is 15.6. The molecule has 0 aromatic carbocycles. The lowest BCUT2D eigenvalue weighted by Gasteiger charge is -2.53. The predicted molar refractivity (Wildman–Crippen MR) is 97.6 cm³/mol. The number of rotatable bonds is 4. The summed E-state index contributed by atoms with van der Waals surface area (Å²) in [4.78, 5) is 25.4. The lowest BCUT2D eigenvalue weighted by atomic mass is 9.69. The van der Waals surface area contributed by atoms with Crippen LogP contribution in [0.25, 0.3) is 0 Å². The lowest BCUT2D eigenvalue weighted by Crippen LogP contribution is -2.64. The van der Waals surface area contributed by atoms with Gasteiger partial charge >= 0.3 is 5.97 Å². The summed E-state index contributed by atoms with van der Waals surface area (Å²) in [5.41, 5.74) is -0.435. The van der Waals surface area contributed by atoms with Gasteiger partial charge in [-0.3, -0.25) is 14.7 Å². The van der Waals surface area contributed by atoms with Crippen LogP contribution < -0.4 is 4.90 Å². The first-order valence-corrected chi connectivity index (χ1v) is 9.30. The summed E-state index contributed by atoms with van der Waals surface area (Å²) in [7, 11) is 0. The van der Waals surface area contributed by atoms with Crippen LogP contribution in [0.1, 0.15) is 46.5 Å². The average molecular weight is 346 g/mol. The molecule has 2 aliphatic rings. The van der Waals surface area contributed by atoms with Crippen molar-refractivity contribution in [2.75, 3.05) is 31.1 Å². The number of aliphatic carboxylic acids is 1. The monoisotopic (exact) mass is 346 g/mol. The minimum absolute atomic E-state index is 0.119. The van der Waals surface area contributed by atoms with Gasteiger partial charge in [-0.25, -0.2) is 4.98 Å². The van der Waals surface area contributed by atoms with Crippen LogP contribution in [0.3, 0.4) is 0 Å². The Morgan fingerprint density at radius 2 is 2.16 bits per heavy atom. The van der Waals surface area contributed by atoms with E-state index in [2.05, 4.69) is 40.5 Å². The van der Waals surface area contributed by atoms with Crippen LogP contribution in [0.5, 0.6) is 0 Å². The summed E-state index contributed by atoms with van der Waals surface area (Å²) in [6.45, 7) is 10.1. The van der Waals surface area contributed by atoms with E-state index in [4.69, 9.17) is 0 Å². The maximum absolute atomic E-state index is 12.3. The highest BCUT2D eigenvalue weighted by Gasteiger charge is 2.53. The normalized spacial score (nSPS) is 27.8. The summed E-state index contributed by atoms with van der Waals surface area (Å²) in [5, 5.41) is 10.1. The number of hydrogen-bond donors (Lipinski definition) is 1. The number of likely N-dealkylation sites (tertiary alicyclic amines) is 1. The van der Waals surface area contributed by atoms with Crippen molar-refractivity contribution in [3.63, 3.8) is 0 Å². The summed E-state index contributed by atoms with van der Waals surface area (Å²) < 4.78 is 0. The Hall–Kier alpha value is -1.69. The summed E-state index contributed by atoms with van der Waals surface area (Å²) in [6, 6.07) is 0.119. The molecule has 0 spiro atoms. The van der Waals surface area contributed by atoms with Crippen molar-refractivity contribution in [1.82, 2.24) is 14.9 Å². The fourth-order valence-electron chi connectivity index (χ4n) is 4.32. The standard InChI is InChI=1S/C19H30N4O2/c1-18(2,3)7-12-22-10-4-6-19(17(24)25)14-23(11-5-15(19)22)16-13-20-8-9-21-16/h8-9,13,15H,4-7,10-12,14H2,1-3H3,(H,24,25)/t15-,19+/m1/s1. The molecule has 25 heavy (non-hydrogen) atoms. The van der Waals surface area contributed by atoms with Crippen molar-refractivity contribution in [3.8, 4) is 0 Å². The van der Waals surface area contributed by atoms with Gasteiger partial charge in [-0.1, -0.05) is 20.8 Å². The second kappa shape index (κ2) is 6.90. The molecule has 0 amide bonds. The van der Waals surface area contributed by atoms with E-state index in [0.717, 1.165) is 51.1 Å². The van der Waals surface area contributed by atoms with Crippen molar-refractivity contribution in [3.05, 3.63) is 18.6 Å². The largest absolute Gasteiger partial charge is 0.481 e. The number of hydrogen-bond acceptors (Lipinski definition) is 5. The number of anilines is 1. The van der Waals surface area contributed by atoms with Gasteiger partial charge in [-0.15, -0.1) is 0 Å². The SMILES string of the molecule is CC(C)(C)CCN1CCC[C@]2(C(=O)O)CN(c3cnccn3)CC[C@@H]12. The van der Waals surface area contributed by atoms with E-state index >= 15 is 0 Å². The van der Waals surface area contributed by atoms with E-state index in [1.54, 1.807) is 18.6 Å². The topological polar surface area (TPSA) is 69.6 Å². The maximum atomic E-state index is 12.3.